The van der Waals surface area contributed by atoms with E-state index in [0.717, 1.165) is 11.3 Å². The highest BCUT2D eigenvalue weighted by atomic mass is 79.9. The van der Waals surface area contributed by atoms with Crippen LogP contribution in [0.5, 0.6) is 5.75 Å². The van der Waals surface area contributed by atoms with Gasteiger partial charge in [-0.25, -0.2) is 19.8 Å². The van der Waals surface area contributed by atoms with Crippen molar-refractivity contribution in [1.29, 1.82) is 0 Å². The number of aryl methyl sites for hydroxylation is 1. The molecule has 0 N–H and O–H groups in total. The molecule has 0 unspecified atom stereocenters. The number of methoxy groups -OCH3 is 1. The van der Waals surface area contributed by atoms with Gasteiger partial charge in [0.1, 0.15) is 11.5 Å². The van der Waals surface area contributed by atoms with Gasteiger partial charge in [-0.2, -0.15) is 0 Å². The van der Waals surface area contributed by atoms with Crippen molar-refractivity contribution < 1.29 is 18.7 Å². The van der Waals surface area contributed by atoms with Crippen molar-refractivity contribution in [1.82, 2.24) is 14.5 Å². The lowest BCUT2D eigenvalue weighted by Crippen LogP contribution is -2.39. The molecule has 0 saturated carbocycles. The van der Waals surface area contributed by atoms with Crippen molar-refractivity contribution >= 4 is 51.1 Å². The molecule has 1 aliphatic heterocycles. The van der Waals surface area contributed by atoms with Gasteiger partial charge < -0.3 is 13.9 Å². The molecule has 1 aromatic carbocycles. The zero-order valence-electron chi connectivity index (χ0n) is 21.4. The second kappa shape index (κ2) is 11.3. The number of carbonyl (C=O) groups excluding carboxylic acids is 1. The van der Waals surface area contributed by atoms with Crippen LogP contribution in [0.2, 0.25) is 0 Å². The average molecular weight is 628 g/mol. The SMILES string of the molecule is CCOC(=O)C1=C(C)N=c2s/c(=C/c3cc(Br)c(Sc4nccc(C)n4)o3)c(=O)n2[C@@H]1c1ccc(OC)cc1. The van der Waals surface area contributed by atoms with Crippen LogP contribution >= 0.6 is 39.0 Å². The molecular formula is C27H23BrN4O5S2. The Morgan fingerprint density at radius 1 is 1.26 bits per heavy atom. The minimum Gasteiger partial charge on any atom is -0.497 e. The van der Waals surface area contributed by atoms with E-state index in [1.54, 1.807) is 51.4 Å². The number of nitrogens with zero attached hydrogens (tertiary/aromatic N) is 4. The van der Waals surface area contributed by atoms with Crippen molar-refractivity contribution in [3.8, 4) is 5.75 Å². The summed E-state index contributed by atoms with van der Waals surface area (Å²) in [5, 5.41) is 1.12. The molecule has 0 fully saturated rings. The molecule has 4 aromatic rings. The molecule has 1 aliphatic rings. The predicted octanol–water partition coefficient (Wildman–Crippen LogP) is 4.41. The van der Waals surface area contributed by atoms with Gasteiger partial charge in [0.25, 0.3) is 5.56 Å². The van der Waals surface area contributed by atoms with Gasteiger partial charge in [-0.15, -0.1) is 0 Å². The van der Waals surface area contributed by atoms with Gasteiger partial charge >= 0.3 is 5.97 Å². The van der Waals surface area contributed by atoms with Gasteiger partial charge in [-0.1, -0.05) is 23.5 Å². The maximum Gasteiger partial charge on any atom is 0.338 e. The van der Waals surface area contributed by atoms with E-state index in [9.17, 15) is 9.59 Å². The summed E-state index contributed by atoms with van der Waals surface area (Å²) in [5.41, 5.74) is 2.11. The van der Waals surface area contributed by atoms with E-state index < -0.39 is 12.0 Å². The number of ether oxygens (including phenoxy) is 2. The lowest BCUT2D eigenvalue weighted by Gasteiger charge is -2.24. The molecule has 1 atom stereocenters. The van der Waals surface area contributed by atoms with Crippen LogP contribution < -0.4 is 19.6 Å². The van der Waals surface area contributed by atoms with Crippen molar-refractivity contribution in [2.24, 2.45) is 4.99 Å². The van der Waals surface area contributed by atoms with E-state index in [1.165, 1.54) is 27.7 Å². The quantitative estimate of drug-likeness (QED) is 0.219. The van der Waals surface area contributed by atoms with E-state index in [-0.39, 0.29) is 12.2 Å². The van der Waals surface area contributed by atoms with Crippen LogP contribution in [0.15, 0.2) is 82.8 Å². The Bertz CT molecular complexity index is 1770. The maximum absolute atomic E-state index is 13.8. The first-order chi connectivity index (χ1) is 18.8. The molecule has 3 aromatic heterocycles. The molecule has 39 heavy (non-hydrogen) atoms. The number of hydrogen-bond donors (Lipinski definition) is 0. The van der Waals surface area contributed by atoms with Gasteiger partial charge in [-0.05, 0) is 78.3 Å². The second-order valence-corrected chi connectivity index (χ2v) is 11.2. The van der Waals surface area contributed by atoms with E-state index in [0.29, 0.717) is 46.8 Å². The highest BCUT2D eigenvalue weighted by Gasteiger charge is 2.33. The average Bonchev–Trinajstić information content (AvgIpc) is 3.41. The summed E-state index contributed by atoms with van der Waals surface area (Å²) in [6.45, 7) is 5.59. The van der Waals surface area contributed by atoms with Gasteiger partial charge in [-0.3, -0.25) is 9.36 Å². The maximum atomic E-state index is 13.8. The van der Waals surface area contributed by atoms with E-state index in [2.05, 4.69) is 30.9 Å². The predicted molar refractivity (Wildman–Crippen MR) is 151 cm³/mol. The van der Waals surface area contributed by atoms with Crippen LogP contribution in [0, 0.1) is 6.92 Å². The van der Waals surface area contributed by atoms with Gasteiger partial charge in [0, 0.05) is 18.0 Å². The molecule has 0 saturated heterocycles. The Labute approximate surface area is 240 Å². The van der Waals surface area contributed by atoms with Gasteiger partial charge in [0.15, 0.2) is 15.1 Å². The van der Waals surface area contributed by atoms with Crippen LogP contribution in [0.3, 0.4) is 0 Å². The fourth-order valence-electron chi connectivity index (χ4n) is 4.09. The van der Waals surface area contributed by atoms with Crippen molar-refractivity contribution in [2.75, 3.05) is 13.7 Å². The Morgan fingerprint density at radius 3 is 2.72 bits per heavy atom. The number of allylic oxidation sites excluding steroid dienone is 1. The summed E-state index contributed by atoms with van der Waals surface area (Å²) in [4.78, 5) is 40.6. The standard InChI is InChI=1S/C27H23BrN4O5S2/c1-5-36-24(34)21-15(3)31-27-32(22(21)16-6-8-17(35-4)9-7-16)23(33)20(38-27)13-18-12-19(28)25(37-18)39-26-29-11-10-14(2)30-26/h6-13,22H,5H2,1-4H3/b20-13+/t22-/m1/s1. The number of carbonyl (C=O) groups is 1. The first-order valence-corrected chi connectivity index (χ1v) is 14.3. The third-order valence-corrected chi connectivity index (χ3v) is 8.56. The van der Waals surface area contributed by atoms with E-state index in [1.807, 2.05) is 25.1 Å². The minimum atomic E-state index is -0.707. The van der Waals surface area contributed by atoms with Crippen LogP contribution in [0.4, 0.5) is 0 Å². The number of thiazole rings is 1. The van der Waals surface area contributed by atoms with Crippen LogP contribution in [-0.2, 0) is 9.53 Å². The minimum absolute atomic E-state index is 0.205. The fraction of sp³-hybridized carbons (Fsp3) is 0.222. The Morgan fingerprint density at radius 2 is 2.03 bits per heavy atom. The zero-order valence-corrected chi connectivity index (χ0v) is 24.6. The number of fused-ring (bicyclic) bond motifs is 1. The molecule has 4 heterocycles. The third-order valence-electron chi connectivity index (χ3n) is 5.85. The number of halogens is 1. The molecule has 0 aliphatic carbocycles. The summed E-state index contributed by atoms with van der Waals surface area (Å²) in [6, 6.07) is 10.1. The van der Waals surface area contributed by atoms with Crippen molar-refractivity contribution in [3.63, 3.8) is 0 Å². The van der Waals surface area contributed by atoms with Gasteiger partial charge in [0.05, 0.1) is 40.0 Å². The number of aromatic nitrogens is 3. The molecule has 0 spiro atoms. The number of rotatable bonds is 7. The molecule has 0 bridgehead atoms. The lowest BCUT2D eigenvalue weighted by molar-refractivity contribution is -0.139. The summed E-state index contributed by atoms with van der Waals surface area (Å²) >= 11 is 6.03. The lowest BCUT2D eigenvalue weighted by atomic mass is 9.96. The molecule has 12 heteroatoms. The molecular weight excluding hydrogens is 604 g/mol. The zero-order chi connectivity index (χ0) is 27.7. The topological polar surface area (TPSA) is 109 Å². The molecule has 5 rings (SSSR count). The number of hydrogen-bond acceptors (Lipinski definition) is 10. The van der Waals surface area contributed by atoms with Gasteiger partial charge in [0.2, 0.25) is 0 Å². The van der Waals surface area contributed by atoms with Crippen molar-refractivity contribution in [2.45, 2.75) is 37.1 Å². The van der Waals surface area contributed by atoms with E-state index >= 15 is 0 Å². The summed E-state index contributed by atoms with van der Waals surface area (Å²) < 4.78 is 19.3. The monoisotopic (exact) mass is 626 g/mol. The first kappa shape index (κ1) is 27.1. The van der Waals surface area contributed by atoms with Crippen LogP contribution in [0.25, 0.3) is 6.08 Å². The van der Waals surface area contributed by atoms with Crippen LogP contribution in [0.1, 0.15) is 36.9 Å². The largest absolute Gasteiger partial charge is 0.497 e. The highest BCUT2D eigenvalue weighted by molar-refractivity contribution is 9.10. The molecule has 200 valence electrons. The summed E-state index contributed by atoms with van der Waals surface area (Å²) in [6.07, 6.45) is 3.36. The molecule has 0 amide bonds. The third kappa shape index (κ3) is 5.49. The first-order valence-electron chi connectivity index (χ1n) is 11.9. The van der Waals surface area contributed by atoms with Crippen molar-refractivity contribution in [3.05, 3.63) is 95.0 Å². The Hall–Kier alpha value is -3.48. The Balaban J connectivity index is 1.60. The number of furan rings is 1. The number of benzene rings is 1. The highest BCUT2D eigenvalue weighted by Crippen LogP contribution is 2.35. The second-order valence-electron chi connectivity index (χ2n) is 8.44. The number of esters is 1. The molecule has 9 nitrogen and oxygen atoms in total. The summed E-state index contributed by atoms with van der Waals surface area (Å²) in [5.74, 6) is 0.631. The fourth-order valence-corrected chi connectivity index (χ4v) is 6.43. The molecule has 0 radical (unpaired) electrons. The Kier molecular flexibility index (Phi) is 7.87. The summed E-state index contributed by atoms with van der Waals surface area (Å²) in [7, 11) is 1.58. The normalized spacial score (nSPS) is 15.2. The smallest absolute Gasteiger partial charge is 0.338 e. The van der Waals surface area contributed by atoms with Crippen LogP contribution in [-0.4, -0.2) is 34.2 Å². The van der Waals surface area contributed by atoms with E-state index in [4.69, 9.17) is 13.9 Å².